The standard InChI is InChI=1S/C17H36N2O5/c1-2-3-4-5-6-7-9-21-11-13-23-15-16-24-14-12-22-10-8-17(18)19-20/h20H,2-16H2,1H3,(H2,18,19). The van der Waals surface area contributed by atoms with Crippen LogP contribution in [0, 0.1) is 0 Å². The van der Waals surface area contributed by atoms with E-state index in [1.54, 1.807) is 0 Å². The first-order valence-corrected chi connectivity index (χ1v) is 9.08. The van der Waals surface area contributed by atoms with Crippen LogP contribution in [0.4, 0.5) is 0 Å². The molecule has 0 amide bonds. The van der Waals surface area contributed by atoms with Gasteiger partial charge in [-0.3, -0.25) is 0 Å². The summed E-state index contributed by atoms with van der Waals surface area (Å²) in [6, 6.07) is 0. The number of amidine groups is 1. The van der Waals surface area contributed by atoms with E-state index in [9.17, 15) is 0 Å². The third-order valence-electron chi connectivity index (χ3n) is 3.39. The molecule has 0 radical (unpaired) electrons. The van der Waals surface area contributed by atoms with Crippen LogP contribution >= 0.6 is 0 Å². The van der Waals surface area contributed by atoms with Gasteiger partial charge in [0.2, 0.25) is 0 Å². The second-order valence-corrected chi connectivity index (χ2v) is 5.56. The summed E-state index contributed by atoms with van der Waals surface area (Å²) < 4.78 is 21.6. The first-order chi connectivity index (χ1) is 11.8. The fourth-order valence-electron chi connectivity index (χ4n) is 1.97. The van der Waals surface area contributed by atoms with Crippen molar-refractivity contribution in [2.24, 2.45) is 10.9 Å². The molecule has 0 spiro atoms. The van der Waals surface area contributed by atoms with E-state index in [0.29, 0.717) is 52.7 Å². The molecule has 144 valence electrons. The molecular formula is C17H36N2O5. The Morgan fingerprint density at radius 3 is 1.71 bits per heavy atom. The highest BCUT2D eigenvalue weighted by atomic mass is 16.6. The minimum Gasteiger partial charge on any atom is -0.409 e. The van der Waals surface area contributed by atoms with E-state index in [1.807, 2.05) is 0 Å². The summed E-state index contributed by atoms with van der Waals surface area (Å²) >= 11 is 0. The van der Waals surface area contributed by atoms with E-state index in [4.69, 9.17) is 29.9 Å². The second kappa shape index (κ2) is 20.2. The smallest absolute Gasteiger partial charge is 0.141 e. The van der Waals surface area contributed by atoms with Crippen molar-refractivity contribution in [1.29, 1.82) is 0 Å². The topological polar surface area (TPSA) is 95.5 Å². The summed E-state index contributed by atoms with van der Waals surface area (Å²) in [5.74, 6) is 0.169. The molecule has 0 aliphatic heterocycles. The van der Waals surface area contributed by atoms with Crippen LogP contribution in [-0.2, 0) is 18.9 Å². The number of nitrogens with zero attached hydrogens (tertiary/aromatic N) is 1. The maximum absolute atomic E-state index is 8.34. The summed E-state index contributed by atoms with van der Waals surface area (Å²) in [5.41, 5.74) is 5.31. The number of nitrogens with two attached hydrogens (primary N) is 1. The largest absolute Gasteiger partial charge is 0.409 e. The molecule has 0 bridgehead atoms. The van der Waals surface area contributed by atoms with Gasteiger partial charge in [0, 0.05) is 13.0 Å². The molecule has 0 fully saturated rings. The third-order valence-corrected chi connectivity index (χ3v) is 3.39. The van der Waals surface area contributed by atoms with Gasteiger partial charge in [-0.25, -0.2) is 0 Å². The number of unbranched alkanes of at least 4 members (excludes halogenated alkanes) is 5. The lowest BCUT2D eigenvalue weighted by atomic mass is 10.1. The van der Waals surface area contributed by atoms with E-state index in [1.165, 1.54) is 32.1 Å². The van der Waals surface area contributed by atoms with Gasteiger partial charge in [-0.05, 0) is 6.42 Å². The quantitative estimate of drug-likeness (QED) is 0.122. The third kappa shape index (κ3) is 19.2. The van der Waals surface area contributed by atoms with Crippen LogP contribution in [0.5, 0.6) is 0 Å². The zero-order valence-corrected chi connectivity index (χ0v) is 15.2. The highest BCUT2D eigenvalue weighted by molar-refractivity contribution is 5.79. The maximum atomic E-state index is 8.34. The fraction of sp³-hybridized carbons (Fsp3) is 0.941. The molecule has 0 atom stereocenters. The van der Waals surface area contributed by atoms with Gasteiger partial charge < -0.3 is 29.9 Å². The van der Waals surface area contributed by atoms with Crippen molar-refractivity contribution in [1.82, 2.24) is 0 Å². The van der Waals surface area contributed by atoms with E-state index >= 15 is 0 Å². The molecule has 3 N–H and O–H groups in total. The summed E-state index contributed by atoms with van der Waals surface area (Å²) in [5, 5.41) is 11.2. The van der Waals surface area contributed by atoms with Gasteiger partial charge in [0.05, 0.1) is 46.2 Å². The average molecular weight is 348 g/mol. The molecule has 0 aromatic carbocycles. The predicted octanol–water partition coefficient (Wildman–Crippen LogP) is 2.55. The minimum absolute atomic E-state index is 0.169. The fourth-order valence-corrected chi connectivity index (χ4v) is 1.97. The first kappa shape index (κ1) is 23.1. The van der Waals surface area contributed by atoms with E-state index in [-0.39, 0.29) is 5.84 Å². The summed E-state index contributed by atoms with van der Waals surface area (Å²) in [6.45, 7) is 6.83. The Morgan fingerprint density at radius 1 is 0.708 bits per heavy atom. The number of ether oxygens (including phenoxy) is 4. The first-order valence-electron chi connectivity index (χ1n) is 9.08. The molecule has 0 aliphatic carbocycles. The molecule has 0 unspecified atom stereocenters. The molecule has 0 heterocycles. The highest BCUT2D eigenvalue weighted by Gasteiger charge is 1.95. The molecule has 0 aromatic heterocycles. The molecule has 0 saturated heterocycles. The Hall–Kier alpha value is -0.890. The maximum Gasteiger partial charge on any atom is 0.141 e. The van der Waals surface area contributed by atoms with Gasteiger partial charge in [0.1, 0.15) is 5.84 Å². The molecule has 0 saturated carbocycles. The van der Waals surface area contributed by atoms with Crippen molar-refractivity contribution in [2.75, 3.05) is 52.9 Å². The Balaban J connectivity index is 3.00. The van der Waals surface area contributed by atoms with Crippen LogP contribution in [0.15, 0.2) is 5.16 Å². The van der Waals surface area contributed by atoms with Crippen LogP contribution in [0.2, 0.25) is 0 Å². The Labute approximate surface area is 146 Å². The number of rotatable bonds is 19. The summed E-state index contributed by atoms with van der Waals surface area (Å²) in [6.07, 6.45) is 8.11. The van der Waals surface area contributed by atoms with Crippen LogP contribution in [-0.4, -0.2) is 63.9 Å². The van der Waals surface area contributed by atoms with Crippen molar-refractivity contribution >= 4 is 5.84 Å². The van der Waals surface area contributed by atoms with Crippen molar-refractivity contribution in [3.63, 3.8) is 0 Å². The lowest BCUT2D eigenvalue weighted by Gasteiger charge is -2.07. The van der Waals surface area contributed by atoms with Crippen molar-refractivity contribution in [3.8, 4) is 0 Å². The average Bonchev–Trinajstić information content (AvgIpc) is 2.60. The highest BCUT2D eigenvalue weighted by Crippen LogP contribution is 2.04. The molecule has 24 heavy (non-hydrogen) atoms. The Kier molecular flexibility index (Phi) is 19.4. The van der Waals surface area contributed by atoms with Crippen molar-refractivity contribution < 1.29 is 24.2 Å². The Morgan fingerprint density at radius 2 is 1.17 bits per heavy atom. The van der Waals surface area contributed by atoms with Gasteiger partial charge in [0.15, 0.2) is 0 Å². The van der Waals surface area contributed by atoms with Crippen LogP contribution in [0.3, 0.4) is 0 Å². The lowest BCUT2D eigenvalue weighted by Crippen LogP contribution is -2.16. The van der Waals surface area contributed by atoms with Crippen LogP contribution in [0.1, 0.15) is 51.9 Å². The Bertz CT molecular complexity index is 278. The van der Waals surface area contributed by atoms with Gasteiger partial charge in [-0.15, -0.1) is 0 Å². The van der Waals surface area contributed by atoms with Crippen molar-refractivity contribution in [2.45, 2.75) is 51.9 Å². The predicted molar refractivity (Wildman–Crippen MR) is 94.7 cm³/mol. The molecule has 0 aliphatic rings. The van der Waals surface area contributed by atoms with Gasteiger partial charge >= 0.3 is 0 Å². The normalized spacial score (nSPS) is 12.0. The van der Waals surface area contributed by atoms with Gasteiger partial charge in [0.25, 0.3) is 0 Å². The SMILES string of the molecule is CCCCCCCCOCCOCCOCCOCCC(N)=NO. The van der Waals surface area contributed by atoms with E-state index in [2.05, 4.69) is 12.1 Å². The number of hydrogen-bond acceptors (Lipinski definition) is 6. The van der Waals surface area contributed by atoms with E-state index < -0.39 is 0 Å². The molecular weight excluding hydrogens is 312 g/mol. The van der Waals surface area contributed by atoms with Crippen LogP contribution < -0.4 is 5.73 Å². The van der Waals surface area contributed by atoms with Crippen molar-refractivity contribution in [3.05, 3.63) is 0 Å². The zero-order chi connectivity index (χ0) is 17.7. The number of oxime groups is 1. The van der Waals surface area contributed by atoms with Gasteiger partial charge in [-0.1, -0.05) is 44.2 Å². The minimum atomic E-state index is 0.169. The zero-order valence-electron chi connectivity index (χ0n) is 15.2. The monoisotopic (exact) mass is 348 g/mol. The molecule has 7 heteroatoms. The van der Waals surface area contributed by atoms with E-state index in [0.717, 1.165) is 13.0 Å². The van der Waals surface area contributed by atoms with Crippen LogP contribution in [0.25, 0.3) is 0 Å². The molecule has 0 aromatic rings. The molecule has 0 rings (SSSR count). The summed E-state index contributed by atoms with van der Waals surface area (Å²) in [4.78, 5) is 0. The second-order valence-electron chi connectivity index (χ2n) is 5.56. The van der Waals surface area contributed by atoms with Gasteiger partial charge in [-0.2, -0.15) is 0 Å². The molecule has 7 nitrogen and oxygen atoms in total. The lowest BCUT2D eigenvalue weighted by molar-refractivity contribution is -0.00150. The number of hydrogen-bond donors (Lipinski definition) is 2. The summed E-state index contributed by atoms with van der Waals surface area (Å²) in [7, 11) is 0.